The molecule has 3 nitrogen and oxygen atoms in total. The van der Waals surface area contributed by atoms with Gasteiger partial charge in [-0.3, -0.25) is 0 Å². The number of rotatable bonds is 11. The Hall–Kier alpha value is -2.00. The van der Waals surface area contributed by atoms with Crippen LogP contribution in [-0.4, -0.2) is 19.5 Å². The van der Waals surface area contributed by atoms with Crippen molar-refractivity contribution in [1.29, 1.82) is 0 Å². The Morgan fingerprint density at radius 1 is 0.730 bits per heavy atom. The predicted molar refractivity (Wildman–Crippen MR) is 151 cm³/mol. The molecule has 5 atom stereocenters. The van der Waals surface area contributed by atoms with Crippen LogP contribution in [0.2, 0.25) is 0 Å². The van der Waals surface area contributed by atoms with Crippen LogP contribution < -0.4 is 9.47 Å². The van der Waals surface area contributed by atoms with E-state index in [1.54, 1.807) is 0 Å². The normalized spacial score (nSPS) is 25.8. The molecule has 0 amide bonds. The molecule has 0 heterocycles. The molecule has 3 aliphatic rings. The number of hydrogen-bond donors (Lipinski definition) is 0. The molecular formula is C34H48O3. The molecule has 0 saturated heterocycles. The fourth-order valence-electron chi connectivity index (χ4n) is 7.20. The summed E-state index contributed by atoms with van der Waals surface area (Å²) in [6.07, 6.45) is 15.8. The third-order valence-corrected chi connectivity index (χ3v) is 9.64. The van der Waals surface area contributed by atoms with Crippen molar-refractivity contribution >= 4 is 0 Å². The SMILES string of the molecule is CCC(C)c1ccc(OC(OCCOc2ccc(C3CCCCC3)cc2)C2CCC3CCCCC32)cc1. The van der Waals surface area contributed by atoms with Gasteiger partial charge in [0, 0.05) is 5.92 Å². The van der Waals surface area contributed by atoms with E-state index in [0.717, 1.165) is 35.7 Å². The molecule has 0 aromatic heterocycles. The number of fused-ring (bicyclic) bond motifs is 1. The predicted octanol–water partition coefficient (Wildman–Crippen LogP) is 9.26. The minimum absolute atomic E-state index is 0.195. The van der Waals surface area contributed by atoms with E-state index in [2.05, 4.69) is 62.4 Å². The topological polar surface area (TPSA) is 27.7 Å². The molecule has 0 aliphatic heterocycles. The molecule has 0 N–H and O–H groups in total. The molecule has 0 bridgehead atoms. The minimum atomic E-state index is -0.195. The van der Waals surface area contributed by atoms with Crippen molar-refractivity contribution in [2.45, 2.75) is 109 Å². The van der Waals surface area contributed by atoms with E-state index in [4.69, 9.17) is 14.2 Å². The van der Waals surface area contributed by atoms with Crippen molar-refractivity contribution in [3.05, 3.63) is 59.7 Å². The summed E-state index contributed by atoms with van der Waals surface area (Å²) in [5, 5.41) is 0. The first-order valence-corrected chi connectivity index (χ1v) is 15.3. The van der Waals surface area contributed by atoms with Gasteiger partial charge in [0.2, 0.25) is 6.29 Å². The Bertz CT molecular complexity index is 931. The maximum Gasteiger partial charge on any atom is 0.203 e. The van der Waals surface area contributed by atoms with Gasteiger partial charge < -0.3 is 14.2 Å². The molecule has 3 fully saturated rings. The van der Waals surface area contributed by atoms with Gasteiger partial charge in [0.25, 0.3) is 0 Å². The second-order valence-electron chi connectivity index (χ2n) is 11.9. The highest BCUT2D eigenvalue weighted by Crippen LogP contribution is 2.48. The largest absolute Gasteiger partial charge is 0.491 e. The first-order valence-electron chi connectivity index (χ1n) is 15.3. The summed E-state index contributed by atoms with van der Waals surface area (Å²) in [6.45, 7) is 5.63. The van der Waals surface area contributed by atoms with Crippen LogP contribution >= 0.6 is 0 Å². The van der Waals surface area contributed by atoms with Crippen LogP contribution in [0.5, 0.6) is 11.5 Å². The average molecular weight is 505 g/mol. The molecule has 0 radical (unpaired) electrons. The van der Waals surface area contributed by atoms with Gasteiger partial charge in [-0.15, -0.1) is 0 Å². The summed E-state index contributed by atoms with van der Waals surface area (Å²) in [5.41, 5.74) is 2.85. The Morgan fingerprint density at radius 2 is 1.43 bits per heavy atom. The second-order valence-corrected chi connectivity index (χ2v) is 11.9. The van der Waals surface area contributed by atoms with E-state index in [1.165, 1.54) is 81.8 Å². The summed E-state index contributed by atoms with van der Waals surface area (Å²) in [4.78, 5) is 0. The summed E-state index contributed by atoms with van der Waals surface area (Å²) in [6, 6.07) is 17.5. The lowest BCUT2D eigenvalue weighted by atomic mass is 9.78. The zero-order chi connectivity index (χ0) is 25.5. The highest BCUT2D eigenvalue weighted by Gasteiger charge is 2.42. The lowest BCUT2D eigenvalue weighted by Crippen LogP contribution is -2.35. The van der Waals surface area contributed by atoms with E-state index in [1.807, 2.05) is 0 Å². The van der Waals surface area contributed by atoms with Crippen LogP contribution in [0.15, 0.2) is 48.5 Å². The van der Waals surface area contributed by atoms with Crippen molar-refractivity contribution < 1.29 is 14.2 Å². The van der Waals surface area contributed by atoms with Crippen LogP contribution in [0.3, 0.4) is 0 Å². The van der Waals surface area contributed by atoms with Crippen molar-refractivity contribution in [3.8, 4) is 11.5 Å². The standard InChI is InChI=1S/C34H48O3/c1-3-25(2)26-13-20-31(21-14-26)37-34(33-22-17-29-11-7-8-12-32(29)33)36-24-23-35-30-18-15-28(16-19-30)27-9-5-4-6-10-27/h13-16,18-21,25,27,29,32-34H,3-12,17,22-24H2,1-2H3. The molecule has 37 heavy (non-hydrogen) atoms. The lowest BCUT2D eigenvalue weighted by Gasteiger charge is -2.33. The zero-order valence-electron chi connectivity index (χ0n) is 23.2. The third-order valence-electron chi connectivity index (χ3n) is 9.64. The molecule has 2 aromatic rings. The van der Waals surface area contributed by atoms with Gasteiger partial charge in [-0.1, -0.05) is 76.6 Å². The summed E-state index contributed by atoms with van der Waals surface area (Å²) in [5.74, 6) is 5.26. The van der Waals surface area contributed by atoms with E-state index < -0.39 is 0 Å². The van der Waals surface area contributed by atoms with Crippen molar-refractivity contribution in [2.24, 2.45) is 17.8 Å². The van der Waals surface area contributed by atoms with E-state index in [-0.39, 0.29) is 6.29 Å². The summed E-state index contributed by atoms with van der Waals surface area (Å²) in [7, 11) is 0. The molecular weight excluding hydrogens is 456 g/mol. The minimum Gasteiger partial charge on any atom is -0.491 e. The highest BCUT2D eigenvalue weighted by atomic mass is 16.7. The monoisotopic (exact) mass is 504 g/mol. The number of ether oxygens (including phenoxy) is 3. The van der Waals surface area contributed by atoms with Crippen LogP contribution in [0.1, 0.15) is 114 Å². The van der Waals surface area contributed by atoms with Crippen LogP contribution in [-0.2, 0) is 4.74 Å². The Balaban J connectivity index is 1.17. The zero-order valence-corrected chi connectivity index (χ0v) is 23.2. The number of hydrogen-bond acceptors (Lipinski definition) is 3. The fourth-order valence-corrected chi connectivity index (χ4v) is 7.20. The smallest absolute Gasteiger partial charge is 0.203 e. The van der Waals surface area contributed by atoms with Crippen LogP contribution in [0.4, 0.5) is 0 Å². The average Bonchev–Trinajstić information content (AvgIpc) is 3.39. The molecule has 202 valence electrons. The van der Waals surface area contributed by atoms with Gasteiger partial charge in [0.1, 0.15) is 18.1 Å². The Labute approximate surface area is 225 Å². The Kier molecular flexibility index (Phi) is 9.48. The molecule has 3 heteroatoms. The van der Waals surface area contributed by atoms with Gasteiger partial charge >= 0.3 is 0 Å². The Morgan fingerprint density at radius 3 is 2.19 bits per heavy atom. The maximum atomic E-state index is 6.57. The third kappa shape index (κ3) is 6.91. The van der Waals surface area contributed by atoms with Gasteiger partial charge in [-0.2, -0.15) is 0 Å². The fraction of sp³-hybridized carbons (Fsp3) is 0.647. The number of benzene rings is 2. The molecule has 5 rings (SSSR count). The van der Waals surface area contributed by atoms with Crippen molar-refractivity contribution in [1.82, 2.24) is 0 Å². The lowest BCUT2D eigenvalue weighted by molar-refractivity contribution is -0.132. The van der Waals surface area contributed by atoms with Gasteiger partial charge in [-0.25, -0.2) is 0 Å². The molecule has 2 aromatic carbocycles. The first kappa shape index (κ1) is 26.6. The second kappa shape index (κ2) is 13.2. The van der Waals surface area contributed by atoms with Crippen molar-refractivity contribution in [3.63, 3.8) is 0 Å². The van der Waals surface area contributed by atoms with Crippen LogP contribution in [0.25, 0.3) is 0 Å². The quantitative estimate of drug-likeness (QED) is 0.225. The van der Waals surface area contributed by atoms with E-state index in [0.29, 0.717) is 25.0 Å². The van der Waals surface area contributed by atoms with Gasteiger partial charge in [0.05, 0.1) is 6.61 Å². The molecule has 3 aliphatic carbocycles. The van der Waals surface area contributed by atoms with Gasteiger partial charge in [0.15, 0.2) is 0 Å². The molecule has 3 saturated carbocycles. The van der Waals surface area contributed by atoms with E-state index >= 15 is 0 Å². The van der Waals surface area contributed by atoms with E-state index in [9.17, 15) is 0 Å². The van der Waals surface area contributed by atoms with Crippen LogP contribution in [0, 0.1) is 17.8 Å². The molecule has 5 unspecified atom stereocenters. The highest BCUT2D eigenvalue weighted by molar-refractivity contribution is 5.30. The maximum absolute atomic E-state index is 6.57. The van der Waals surface area contributed by atoms with Crippen molar-refractivity contribution in [2.75, 3.05) is 13.2 Å². The molecule has 0 spiro atoms. The summed E-state index contributed by atoms with van der Waals surface area (Å²) >= 11 is 0. The van der Waals surface area contributed by atoms with Gasteiger partial charge in [-0.05, 0) is 97.6 Å². The first-order chi connectivity index (χ1) is 18.2. The summed E-state index contributed by atoms with van der Waals surface area (Å²) < 4.78 is 19.1.